The van der Waals surface area contributed by atoms with Gasteiger partial charge in [0.15, 0.2) is 0 Å². The van der Waals surface area contributed by atoms with Crippen LogP contribution in [-0.4, -0.2) is 42.7 Å². The fraction of sp³-hybridized carbons (Fsp3) is 0.346. The van der Waals surface area contributed by atoms with Gasteiger partial charge in [-0.3, -0.25) is 4.98 Å². The number of fused-ring (bicyclic) bond motifs is 2. The number of aromatic nitrogens is 1. The highest BCUT2D eigenvalue weighted by Crippen LogP contribution is 2.31. The number of hydrogen-bond donors (Lipinski definition) is 1. The predicted molar refractivity (Wildman–Crippen MR) is 128 cm³/mol. The zero-order valence-corrected chi connectivity index (χ0v) is 19.0. The predicted octanol–water partition coefficient (Wildman–Crippen LogP) is 2.86. The number of hydrogen-bond acceptors (Lipinski definition) is 5. The van der Waals surface area contributed by atoms with Gasteiger partial charge in [0.25, 0.3) is 0 Å². The second-order valence-corrected chi connectivity index (χ2v) is 9.72. The van der Waals surface area contributed by atoms with E-state index in [4.69, 9.17) is 9.72 Å². The van der Waals surface area contributed by atoms with Gasteiger partial charge >= 0.3 is 0 Å². The Morgan fingerprint density at radius 3 is 2.94 bits per heavy atom. The maximum Gasteiger partial charge on any atom is 0.118 e. The fourth-order valence-corrected chi connectivity index (χ4v) is 5.70. The molecule has 1 aromatic carbocycles. The van der Waals surface area contributed by atoms with Crippen molar-refractivity contribution in [3.8, 4) is 5.75 Å². The van der Waals surface area contributed by atoms with Crippen LogP contribution in [0.4, 0.5) is 0 Å². The summed E-state index contributed by atoms with van der Waals surface area (Å²) in [6.45, 7) is 5.24. The van der Waals surface area contributed by atoms with E-state index in [1.54, 1.807) is 7.11 Å². The summed E-state index contributed by atoms with van der Waals surface area (Å²) in [5, 5.41) is 6.13. The number of thiophene rings is 1. The van der Waals surface area contributed by atoms with Gasteiger partial charge in [-0.1, -0.05) is 24.3 Å². The minimum absolute atomic E-state index is 0.464. The molecule has 1 N–H and O–H groups in total. The lowest BCUT2D eigenvalue weighted by Gasteiger charge is -2.37. The first kappa shape index (κ1) is 20.3. The van der Waals surface area contributed by atoms with Crippen molar-refractivity contribution in [2.45, 2.75) is 32.2 Å². The van der Waals surface area contributed by atoms with E-state index in [1.807, 2.05) is 23.6 Å². The number of methoxy groups -OCH3 is 1. The molecule has 1 aliphatic heterocycles. The molecule has 0 bridgehead atoms. The molecule has 1 fully saturated rings. The molecule has 1 atom stereocenters. The van der Waals surface area contributed by atoms with E-state index in [0.717, 1.165) is 50.0 Å². The van der Waals surface area contributed by atoms with E-state index >= 15 is 0 Å². The molecular formula is C26H29N3OS. The van der Waals surface area contributed by atoms with Crippen LogP contribution in [0.3, 0.4) is 0 Å². The molecule has 2 aliphatic rings. The van der Waals surface area contributed by atoms with E-state index in [2.05, 4.69) is 59.6 Å². The fourth-order valence-electron chi connectivity index (χ4n) is 4.70. The Balaban J connectivity index is 1.41. The summed E-state index contributed by atoms with van der Waals surface area (Å²) in [6.07, 6.45) is 7.44. The number of benzene rings is 1. The third-order valence-electron chi connectivity index (χ3n) is 6.27. The number of rotatable bonds is 5. The van der Waals surface area contributed by atoms with Gasteiger partial charge in [-0.2, -0.15) is 0 Å². The average molecular weight is 432 g/mol. The Morgan fingerprint density at radius 1 is 1.23 bits per heavy atom. The number of piperazine rings is 1. The molecule has 3 aromatic rings. The Bertz CT molecular complexity index is 1180. The number of nitrogens with zero attached hydrogens (tertiary/aromatic N) is 2. The summed E-state index contributed by atoms with van der Waals surface area (Å²) in [7, 11) is 1.71. The smallest absolute Gasteiger partial charge is 0.118 e. The van der Waals surface area contributed by atoms with Gasteiger partial charge in [-0.05, 0) is 54.8 Å². The number of aryl methyl sites for hydroxylation is 2. The molecule has 0 amide bonds. The molecule has 0 saturated carbocycles. The quantitative estimate of drug-likeness (QED) is 0.674. The lowest BCUT2D eigenvalue weighted by atomic mass is 10.0. The average Bonchev–Trinajstić information content (AvgIpc) is 3.10. The second kappa shape index (κ2) is 8.85. The topological polar surface area (TPSA) is 37.4 Å². The molecule has 5 rings (SSSR count). The summed E-state index contributed by atoms with van der Waals surface area (Å²) < 4.78 is 5.28. The SMILES string of the molecule is COc1ccc(CCC2CN(C3=c4ncccc4=CCc4sc(C)cc43)CCN2)cc1. The van der Waals surface area contributed by atoms with Crippen molar-refractivity contribution in [3.63, 3.8) is 0 Å². The van der Waals surface area contributed by atoms with Gasteiger partial charge in [-0.15, -0.1) is 11.3 Å². The van der Waals surface area contributed by atoms with Crippen molar-refractivity contribution in [1.29, 1.82) is 0 Å². The van der Waals surface area contributed by atoms with Crippen LogP contribution in [0, 0.1) is 6.92 Å². The van der Waals surface area contributed by atoms with Gasteiger partial charge in [0.2, 0.25) is 0 Å². The standard InChI is InChI=1S/C26H29N3OS/c1-18-16-23-24(31-18)12-8-20-4-3-13-28-25(20)26(23)29-15-14-27-21(17-29)9-5-19-6-10-22(30-2)11-7-19/h3-4,6-8,10-11,13,16,21,27H,5,9,12,14-15,17H2,1-2H3. The Hall–Kier alpha value is -2.63. The molecule has 3 heterocycles. The summed E-state index contributed by atoms with van der Waals surface area (Å²) in [4.78, 5) is 10.2. The van der Waals surface area contributed by atoms with E-state index < -0.39 is 0 Å². The van der Waals surface area contributed by atoms with Gasteiger partial charge < -0.3 is 15.0 Å². The van der Waals surface area contributed by atoms with Crippen LogP contribution in [-0.2, 0) is 12.8 Å². The summed E-state index contributed by atoms with van der Waals surface area (Å²) in [5.74, 6) is 0.917. The molecule has 5 heteroatoms. The molecule has 31 heavy (non-hydrogen) atoms. The first-order valence-corrected chi connectivity index (χ1v) is 11.9. The van der Waals surface area contributed by atoms with Crippen molar-refractivity contribution in [2.75, 3.05) is 26.7 Å². The molecular weight excluding hydrogens is 402 g/mol. The molecule has 1 unspecified atom stereocenters. The van der Waals surface area contributed by atoms with Crippen LogP contribution in [0.5, 0.6) is 5.75 Å². The molecule has 2 aromatic heterocycles. The maximum absolute atomic E-state index is 5.28. The van der Waals surface area contributed by atoms with Gasteiger partial charge in [0.1, 0.15) is 5.75 Å². The van der Waals surface area contributed by atoms with E-state index in [9.17, 15) is 0 Å². The van der Waals surface area contributed by atoms with E-state index in [0.29, 0.717) is 6.04 Å². The highest BCUT2D eigenvalue weighted by molar-refractivity contribution is 7.12. The van der Waals surface area contributed by atoms with E-state index in [1.165, 1.54) is 31.8 Å². The third kappa shape index (κ3) is 4.25. The number of nitrogens with one attached hydrogen (secondary N) is 1. The molecule has 1 saturated heterocycles. The van der Waals surface area contributed by atoms with Crippen molar-refractivity contribution >= 4 is 23.1 Å². The van der Waals surface area contributed by atoms with Crippen LogP contribution < -0.4 is 20.6 Å². The van der Waals surface area contributed by atoms with Crippen molar-refractivity contribution in [3.05, 3.63) is 80.1 Å². The lowest BCUT2D eigenvalue weighted by molar-refractivity contribution is 0.268. The lowest BCUT2D eigenvalue weighted by Crippen LogP contribution is -2.51. The molecule has 1 aliphatic carbocycles. The highest BCUT2D eigenvalue weighted by atomic mass is 32.1. The van der Waals surface area contributed by atoms with E-state index in [-0.39, 0.29) is 0 Å². The summed E-state index contributed by atoms with van der Waals surface area (Å²) >= 11 is 1.92. The third-order valence-corrected chi connectivity index (χ3v) is 7.34. The van der Waals surface area contributed by atoms with Crippen LogP contribution in [0.15, 0.2) is 48.7 Å². The van der Waals surface area contributed by atoms with Gasteiger partial charge in [0.05, 0.1) is 18.2 Å². The van der Waals surface area contributed by atoms with Crippen molar-refractivity contribution < 1.29 is 4.74 Å². The Labute approximate surface area is 187 Å². The monoisotopic (exact) mass is 431 g/mol. The largest absolute Gasteiger partial charge is 0.497 e. The normalized spacial score (nSPS) is 18.1. The summed E-state index contributed by atoms with van der Waals surface area (Å²) in [6, 6.07) is 15.5. The van der Waals surface area contributed by atoms with Gasteiger partial charge in [-0.25, -0.2) is 0 Å². The minimum atomic E-state index is 0.464. The maximum atomic E-state index is 5.28. The van der Waals surface area contributed by atoms with Crippen LogP contribution in [0.25, 0.3) is 11.8 Å². The van der Waals surface area contributed by atoms with Gasteiger partial charge in [0, 0.05) is 53.6 Å². The van der Waals surface area contributed by atoms with Crippen molar-refractivity contribution in [1.82, 2.24) is 15.2 Å². The molecule has 4 nitrogen and oxygen atoms in total. The first-order valence-electron chi connectivity index (χ1n) is 11.1. The first-order chi connectivity index (χ1) is 15.2. The van der Waals surface area contributed by atoms with Crippen LogP contribution >= 0.6 is 11.3 Å². The molecule has 0 spiro atoms. The second-order valence-electron chi connectivity index (χ2n) is 8.38. The zero-order valence-electron chi connectivity index (χ0n) is 18.2. The highest BCUT2D eigenvalue weighted by Gasteiger charge is 2.26. The minimum Gasteiger partial charge on any atom is -0.497 e. The van der Waals surface area contributed by atoms with Crippen LogP contribution in [0.1, 0.15) is 27.3 Å². The molecule has 0 radical (unpaired) electrons. The van der Waals surface area contributed by atoms with Crippen LogP contribution in [0.2, 0.25) is 0 Å². The van der Waals surface area contributed by atoms with Crippen molar-refractivity contribution in [2.24, 2.45) is 0 Å². The Kier molecular flexibility index (Phi) is 5.79. The number of pyridine rings is 1. The Morgan fingerprint density at radius 2 is 2.10 bits per heavy atom. The summed E-state index contributed by atoms with van der Waals surface area (Å²) in [5.41, 5.74) is 4.06. The zero-order chi connectivity index (χ0) is 21.2. The molecule has 160 valence electrons. The number of ether oxygens (including phenoxy) is 1.